The number of fused-ring (bicyclic) bond motifs is 1. The van der Waals surface area contributed by atoms with Crippen LogP contribution < -0.4 is 0 Å². The molecule has 0 saturated heterocycles. The minimum absolute atomic E-state index is 1.03. The van der Waals surface area contributed by atoms with Gasteiger partial charge in [0.05, 0.1) is 0 Å². The first-order valence-electron chi connectivity index (χ1n) is 6.52. The van der Waals surface area contributed by atoms with Crippen molar-refractivity contribution in [3.8, 4) is 0 Å². The second-order valence-electron chi connectivity index (χ2n) is 4.02. The Kier molecular flexibility index (Phi) is 9.84. The fourth-order valence-corrected chi connectivity index (χ4v) is 4.13. The van der Waals surface area contributed by atoms with Gasteiger partial charge in [-0.25, -0.2) is 12.1 Å². The standard InChI is InChI=1S/C9H7.C5H5.C3H6.2ClH.Zr/c1-2-5-9-7-3-6-8(9)4-1;1-2-4-5-3-1;1-3-2;;;/h1-7H;1-5H;1H,3H2,2H3;2*1H;/q2*-1;;;;+2/p-2. The van der Waals surface area contributed by atoms with Crippen LogP contribution >= 0.6 is 17.0 Å². The van der Waals surface area contributed by atoms with Crippen LogP contribution in [0.5, 0.6) is 0 Å². The minimum Gasteiger partial charge on any atom is -0.214 e. The summed E-state index contributed by atoms with van der Waals surface area (Å²) in [6.07, 6.45) is 1.03. The third kappa shape index (κ3) is 7.95. The number of halogens is 2. The molecule has 0 nitrogen and oxygen atoms in total. The van der Waals surface area contributed by atoms with E-state index in [4.69, 9.17) is 17.0 Å². The first kappa shape index (κ1) is 17.6. The van der Waals surface area contributed by atoms with Gasteiger partial charge in [0.2, 0.25) is 0 Å². The fourth-order valence-electron chi connectivity index (χ4n) is 1.54. The SMILES string of the molecule is CC[CH]=[Zr]([Cl])[Cl].c1cc[cH-]c1.c1ccc2[cH-]ccc2c1. The van der Waals surface area contributed by atoms with E-state index in [2.05, 4.69) is 42.5 Å². The van der Waals surface area contributed by atoms with E-state index in [9.17, 15) is 0 Å². The summed E-state index contributed by atoms with van der Waals surface area (Å²) in [6, 6.07) is 24.7. The topological polar surface area (TPSA) is 0 Å². The van der Waals surface area contributed by atoms with Crippen molar-refractivity contribution in [1.82, 2.24) is 0 Å². The summed E-state index contributed by atoms with van der Waals surface area (Å²) < 4.78 is 2.02. The molecule has 0 amide bonds. The third-order valence-electron chi connectivity index (χ3n) is 2.46. The maximum Gasteiger partial charge on any atom is -0.0809 e. The van der Waals surface area contributed by atoms with Crippen LogP contribution in [0.25, 0.3) is 10.8 Å². The average Bonchev–Trinajstić information content (AvgIpc) is 3.14. The van der Waals surface area contributed by atoms with E-state index in [0.29, 0.717) is 0 Å². The summed E-state index contributed by atoms with van der Waals surface area (Å²) in [6.45, 7) is 2.05. The van der Waals surface area contributed by atoms with Crippen LogP contribution in [0.2, 0.25) is 0 Å². The normalized spacial score (nSPS) is 8.95. The molecule has 0 aliphatic rings. The molecule has 3 aromatic rings. The summed E-state index contributed by atoms with van der Waals surface area (Å²) >= 11 is -1.80. The second kappa shape index (κ2) is 11.2. The summed E-state index contributed by atoms with van der Waals surface area (Å²) in [5, 5.41) is 2.66. The molecule has 0 aliphatic carbocycles. The molecule has 0 atom stereocenters. The number of rotatable bonds is 1. The molecule has 3 aromatic carbocycles. The van der Waals surface area contributed by atoms with Crippen molar-refractivity contribution >= 4 is 31.5 Å². The predicted molar refractivity (Wildman–Crippen MR) is 89.6 cm³/mol. The molecule has 0 heterocycles. The van der Waals surface area contributed by atoms with E-state index in [-0.39, 0.29) is 0 Å². The third-order valence-corrected chi connectivity index (χ3v) is 6.05. The van der Waals surface area contributed by atoms with Gasteiger partial charge < -0.3 is 0 Å². The molecule has 0 aromatic heterocycles. The zero-order valence-electron chi connectivity index (χ0n) is 11.5. The van der Waals surface area contributed by atoms with E-state index in [1.807, 2.05) is 41.0 Å². The van der Waals surface area contributed by atoms with Crippen molar-refractivity contribution in [2.45, 2.75) is 13.3 Å². The predicted octanol–water partition coefficient (Wildman–Crippen LogP) is 6.09. The second-order valence-corrected chi connectivity index (χ2v) is 12.4. The van der Waals surface area contributed by atoms with E-state index in [0.717, 1.165) is 6.42 Å². The molecule has 0 radical (unpaired) electrons. The number of hydrogen-bond donors (Lipinski definition) is 0. The quantitative estimate of drug-likeness (QED) is 0.446. The Balaban J connectivity index is 0.000000160. The van der Waals surface area contributed by atoms with Gasteiger partial charge in [0.25, 0.3) is 0 Å². The molecule has 0 fully saturated rings. The molecule has 3 heteroatoms. The minimum atomic E-state index is -1.80. The summed E-state index contributed by atoms with van der Waals surface area (Å²) in [5.74, 6) is 0. The first-order valence-corrected chi connectivity index (χ1v) is 14.3. The number of benzene rings is 1. The van der Waals surface area contributed by atoms with Gasteiger partial charge in [-0.05, 0) is 0 Å². The van der Waals surface area contributed by atoms with Crippen LogP contribution in [0.3, 0.4) is 0 Å². The summed E-state index contributed by atoms with van der Waals surface area (Å²) in [5.41, 5.74) is 0. The van der Waals surface area contributed by atoms with Crippen molar-refractivity contribution in [2.75, 3.05) is 0 Å². The molecule has 0 aliphatic heterocycles. The first-order chi connectivity index (χ1) is 9.74. The summed E-state index contributed by atoms with van der Waals surface area (Å²) in [4.78, 5) is 0. The van der Waals surface area contributed by atoms with Crippen LogP contribution in [-0.4, -0.2) is 3.71 Å². The molecule has 0 spiro atoms. The Hall–Kier alpha value is -0.487. The van der Waals surface area contributed by atoms with Crippen molar-refractivity contribution < 1.29 is 18.9 Å². The van der Waals surface area contributed by atoms with Gasteiger partial charge in [0.15, 0.2) is 0 Å². The average molecular weight is 384 g/mol. The van der Waals surface area contributed by atoms with E-state index < -0.39 is 18.9 Å². The number of hydrogen-bond acceptors (Lipinski definition) is 0. The van der Waals surface area contributed by atoms with Crippen LogP contribution in [0.15, 0.2) is 72.8 Å². The molecular formula is C17H18Cl2Zr-2. The van der Waals surface area contributed by atoms with Crippen LogP contribution in [0.4, 0.5) is 0 Å². The Morgan fingerprint density at radius 1 is 1.00 bits per heavy atom. The monoisotopic (exact) mass is 382 g/mol. The van der Waals surface area contributed by atoms with Gasteiger partial charge in [0, 0.05) is 0 Å². The van der Waals surface area contributed by atoms with Gasteiger partial charge in [-0.15, -0.1) is 29.7 Å². The molecular weight excluding hydrogens is 366 g/mol. The van der Waals surface area contributed by atoms with Crippen molar-refractivity contribution in [3.05, 3.63) is 72.8 Å². The van der Waals surface area contributed by atoms with Gasteiger partial charge in [0.1, 0.15) is 0 Å². The van der Waals surface area contributed by atoms with Crippen molar-refractivity contribution in [1.29, 1.82) is 0 Å². The Bertz CT molecular complexity index is 543. The fraction of sp³-hybridized carbons (Fsp3) is 0.118. The maximum absolute atomic E-state index is 5.48. The van der Waals surface area contributed by atoms with E-state index in [1.165, 1.54) is 10.8 Å². The van der Waals surface area contributed by atoms with Crippen molar-refractivity contribution in [3.63, 3.8) is 0 Å². The summed E-state index contributed by atoms with van der Waals surface area (Å²) in [7, 11) is 11.0. The van der Waals surface area contributed by atoms with Crippen LogP contribution in [-0.2, 0) is 18.9 Å². The zero-order chi connectivity index (χ0) is 14.6. The molecule has 0 unspecified atom stereocenters. The van der Waals surface area contributed by atoms with Gasteiger partial charge in [-0.3, -0.25) is 0 Å². The maximum atomic E-state index is 5.48. The molecule has 106 valence electrons. The Morgan fingerprint density at radius 3 is 2.15 bits per heavy atom. The van der Waals surface area contributed by atoms with Gasteiger partial charge >= 0.3 is 53.0 Å². The molecule has 0 saturated carbocycles. The smallest absolute Gasteiger partial charge is 0.0809 e. The zero-order valence-corrected chi connectivity index (χ0v) is 15.4. The van der Waals surface area contributed by atoms with Gasteiger partial charge in [-0.2, -0.15) is 35.7 Å². The van der Waals surface area contributed by atoms with E-state index >= 15 is 0 Å². The molecule has 3 rings (SSSR count). The Labute approximate surface area is 135 Å². The Morgan fingerprint density at radius 2 is 1.70 bits per heavy atom. The van der Waals surface area contributed by atoms with Crippen molar-refractivity contribution in [2.24, 2.45) is 0 Å². The van der Waals surface area contributed by atoms with Crippen LogP contribution in [0.1, 0.15) is 13.3 Å². The van der Waals surface area contributed by atoms with Gasteiger partial charge in [-0.1, -0.05) is 6.07 Å². The largest absolute Gasteiger partial charge is 0.214 e. The molecule has 20 heavy (non-hydrogen) atoms. The van der Waals surface area contributed by atoms with Crippen LogP contribution in [0, 0.1) is 0 Å². The molecule has 0 N–H and O–H groups in total. The van der Waals surface area contributed by atoms with E-state index in [1.54, 1.807) is 0 Å². The molecule has 0 bridgehead atoms.